The van der Waals surface area contributed by atoms with Crippen LogP contribution in [0.2, 0.25) is 0 Å². The molecule has 0 radical (unpaired) electrons. The average Bonchev–Trinajstić information content (AvgIpc) is 2.57. The molecule has 0 aliphatic carbocycles. The van der Waals surface area contributed by atoms with Crippen molar-refractivity contribution in [2.75, 3.05) is 13.1 Å². The molecule has 1 saturated heterocycles. The van der Waals surface area contributed by atoms with Crippen molar-refractivity contribution in [1.29, 1.82) is 0 Å². The molecule has 1 fully saturated rings. The minimum absolute atomic E-state index is 0.00331. The molecule has 1 aliphatic heterocycles. The van der Waals surface area contributed by atoms with Crippen LogP contribution in [0.4, 0.5) is 0 Å². The third-order valence-electron chi connectivity index (χ3n) is 4.55. The maximum Gasteiger partial charge on any atom is 0.250 e. The van der Waals surface area contributed by atoms with Crippen molar-refractivity contribution >= 4 is 5.91 Å². The summed E-state index contributed by atoms with van der Waals surface area (Å²) in [6, 6.07) is 20.3. The zero-order valence-corrected chi connectivity index (χ0v) is 13.1. The summed E-state index contributed by atoms with van der Waals surface area (Å²) in [5, 5.41) is 10.5. The molecule has 2 aromatic carbocycles. The predicted octanol–water partition coefficient (Wildman–Crippen LogP) is 2.09. The Morgan fingerprint density at radius 1 is 1.04 bits per heavy atom. The van der Waals surface area contributed by atoms with Crippen molar-refractivity contribution in [1.82, 2.24) is 4.90 Å². The van der Waals surface area contributed by atoms with E-state index in [1.54, 1.807) is 0 Å². The van der Waals surface area contributed by atoms with Gasteiger partial charge in [-0.15, -0.1) is 0 Å². The summed E-state index contributed by atoms with van der Waals surface area (Å²) in [6.07, 6.45) is 1.17. The van der Waals surface area contributed by atoms with Crippen molar-refractivity contribution in [2.24, 2.45) is 5.73 Å². The van der Waals surface area contributed by atoms with Crippen molar-refractivity contribution < 1.29 is 9.90 Å². The van der Waals surface area contributed by atoms with Gasteiger partial charge < -0.3 is 10.8 Å². The van der Waals surface area contributed by atoms with Gasteiger partial charge in [-0.2, -0.15) is 0 Å². The Hall–Kier alpha value is -2.17. The van der Waals surface area contributed by atoms with E-state index in [1.807, 2.05) is 36.4 Å². The molecule has 1 heterocycles. The van der Waals surface area contributed by atoms with Crippen LogP contribution in [0.5, 0.6) is 0 Å². The zero-order valence-electron chi connectivity index (χ0n) is 13.1. The Kier molecular flexibility index (Phi) is 4.46. The Morgan fingerprint density at radius 3 is 2.04 bits per heavy atom. The van der Waals surface area contributed by atoms with Crippen LogP contribution >= 0.6 is 0 Å². The number of hydrogen-bond acceptors (Lipinski definition) is 3. The maximum absolute atomic E-state index is 11.7. The van der Waals surface area contributed by atoms with Crippen LogP contribution in [0.1, 0.15) is 30.0 Å². The molecule has 0 bridgehead atoms. The highest BCUT2D eigenvalue weighted by Crippen LogP contribution is 2.33. The van der Waals surface area contributed by atoms with Gasteiger partial charge in [0, 0.05) is 6.54 Å². The Morgan fingerprint density at radius 2 is 1.57 bits per heavy atom. The lowest BCUT2D eigenvalue weighted by molar-refractivity contribution is -0.142. The van der Waals surface area contributed by atoms with E-state index in [-0.39, 0.29) is 12.6 Å². The molecule has 1 aliphatic rings. The zero-order chi connectivity index (χ0) is 16.3. The number of primary amides is 1. The molecule has 120 valence electrons. The van der Waals surface area contributed by atoms with E-state index in [0.717, 1.165) is 24.1 Å². The molecule has 3 rings (SSSR count). The van der Waals surface area contributed by atoms with Gasteiger partial charge in [0.25, 0.3) is 5.91 Å². The molecule has 0 aromatic heterocycles. The quantitative estimate of drug-likeness (QED) is 0.908. The molecule has 4 nitrogen and oxygen atoms in total. The second kappa shape index (κ2) is 6.52. The van der Waals surface area contributed by atoms with Crippen molar-refractivity contribution in [3.63, 3.8) is 0 Å². The lowest BCUT2D eigenvalue weighted by Gasteiger charge is -2.41. The van der Waals surface area contributed by atoms with Crippen LogP contribution in [-0.2, 0) is 4.79 Å². The highest BCUT2D eigenvalue weighted by atomic mass is 16.3. The summed E-state index contributed by atoms with van der Waals surface area (Å²) in [5.74, 6) is -0.637. The summed E-state index contributed by atoms with van der Waals surface area (Å²) in [5.41, 5.74) is 6.27. The molecule has 1 unspecified atom stereocenters. The van der Waals surface area contributed by atoms with Crippen LogP contribution in [0.15, 0.2) is 60.7 Å². The number of nitrogens with two attached hydrogens (primary N) is 1. The summed E-state index contributed by atoms with van der Waals surface area (Å²) in [6.45, 7) is 1.08. The second-order valence-electron chi connectivity index (χ2n) is 6.19. The number of piperidine rings is 1. The molecule has 2 aromatic rings. The fraction of sp³-hybridized carbons (Fsp3) is 0.316. The molecule has 0 spiro atoms. The van der Waals surface area contributed by atoms with Gasteiger partial charge in [0.15, 0.2) is 5.60 Å². The van der Waals surface area contributed by atoms with E-state index in [9.17, 15) is 9.90 Å². The topological polar surface area (TPSA) is 66.6 Å². The van der Waals surface area contributed by atoms with Gasteiger partial charge >= 0.3 is 0 Å². The molecule has 1 amide bonds. The molecule has 23 heavy (non-hydrogen) atoms. The number of likely N-dealkylation sites (tertiary alicyclic amines) is 1. The fourth-order valence-corrected chi connectivity index (χ4v) is 3.37. The van der Waals surface area contributed by atoms with Crippen LogP contribution in [0.25, 0.3) is 0 Å². The first-order valence-electron chi connectivity index (χ1n) is 7.96. The number of benzene rings is 2. The first-order valence-corrected chi connectivity index (χ1v) is 7.96. The van der Waals surface area contributed by atoms with E-state index in [0.29, 0.717) is 6.42 Å². The largest absolute Gasteiger partial charge is 0.379 e. The number of nitrogens with zero attached hydrogens (tertiary/aromatic N) is 1. The third-order valence-corrected chi connectivity index (χ3v) is 4.55. The van der Waals surface area contributed by atoms with Gasteiger partial charge in [0.1, 0.15) is 0 Å². The lowest BCUT2D eigenvalue weighted by Crippen LogP contribution is -2.56. The Balaban J connectivity index is 1.97. The van der Waals surface area contributed by atoms with Gasteiger partial charge in [-0.3, -0.25) is 9.69 Å². The number of hydrogen-bond donors (Lipinski definition) is 2. The standard InChI is InChI=1S/C19H22N2O2/c20-18(22)19(23)12-7-13-21(14-19)17(15-8-3-1-4-9-15)16-10-5-2-6-11-16/h1-6,8-11,17,23H,7,12-14H2,(H2,20,22). The molecule has 0 saturated carbocycles. The van der Waals surface area contributed by atoms with E-state index in [4.69, 9.17) is 5.73 Å². The van der Waals surface area contributed by atoms with Crippen molar-refractivity contribution in [2.45, 2.75) is 24.5 Å². The molecule has 3 N–H and O–H groups in total. The van der Waals surface area contributed by atoms with Crippen LogP contribution < -0.4 is 5.73 Å². The summed E-state index contributed by atoms with van der Waals surface area (Å²) in [7, 11) is 0. The van der Waals surface area contributed by atoms with Gasteiger partial charge in [0.2, 0.25) is 0 Å². The van der Waals surface area contributed by atoms with Crippen LogP contribution in [0.3, 0.4) is 0 Å². The number of carbonyl (C=O) groups excluding carboxylic acids is 1. The number of carbonyl (C=O) groups is 1. The summed E-state index contributed by atoms with van der Waals surface area (Å²) >= 11 is 0. The average molecular weight is 310 g/mol. The number of amides is 1. The molecular weight excluding hydrogens is 288 g/mol. The monoisotopic (exact) mass is 310 g/mol. The maximum atomic E-state index is 11.7. The first-order chi connectivity index (χ1) is 11.1. The second-order valence-corrected chi connectivity index (χ2v) is 6.19. The fourth-order valence-electron chi connectivity index (χ4n) is 3.37. The smallest absolute Gasteiger partial charge is 0.250 e. The van der Waals surface area contributed by atoms with Gasteiger partial charge in [-0.1, -0.05) is 60.7 Å². The summed E-state index contributed by atoms with van der Waals surface area (Å²) in [4.78, 5) is 13.8. The van der Waals surface area contributed by atoms with Gasteiger partial charge in [0.05, 0.1) is 6.04 Å². The van der Waals surface area contributed by atoms with Gasteiger partial charge in [-0.25, -0.2) is 0 Å². The Labute approximate surface area is 136 Å². The Bertz CT molecular complexity index is 620. The molecule has 1 atom stereocenters. The SMILES string of the molecule is NC(=O)C1(O)CCCN(C(c2ccccc2)c2ccccc2)C1. The van der Waals surface area contributed by atoms with E-state index in [2.05, 4.69) is 29.2 Å². The van der Waals surface area contributed by atoms with Crippen molar-refractivity contribution in [3.8, 4) is 0 Å². The predicted molar refractivity (Wildman–Crippen MR) is 89.7 cm³/mol. The minimum atomic E-state index is -1.44. The van der Waals surface area contributed by atoms with Crippen LogP contribution in [0, 0.1) is 0 Å². The van der Waals surface area contributed by atoms with Crippen LogP contribution in [-0.4, -0.2) is 34.6 Å². The van der Waals surface area contributed by atoms with E-state index in [1.165, 1.54) is 0 Å². The van der Waals surface area contributed by atoms with Crippen molar-refractivity contribution in [3.05, 3.63) is 71.8 Å². The third kappa shape index (κ3) is 3.28. The van der Waals surface area contributed by atoms with E-state index >= 15 is 0 Å². The number of rotatable bonds is 4. The van der Waals surface area contributed by atoms with Gasteiger partial charge in [-0.05, 0) is 30.5 Å². The first kappa shape index (κ1) is 15.7. The minimum Gasteiger partial charge on any atom is -0.379 e. The molecule has 4 heteroatoms. The molecular formula is C19H22N2O2. The highest BCUT2D eigenvalue weighted by molar-refractivity contribution is 5.83. The lowest BCUT2D eigenvalue weighted by atomic mass is 9.88. The number of β-amino-alcohol motifs (C(OH)–C–C–N with tert-alkyl or cyclic N) is 1. The summed E-state index contributed by atoms with van der Waals surface area (Å²) < 4.78 is 0. The highest BCUT2D eigenvalue weighted by Gasteiger charge is 2.41. The number of aliphatic hydroxyl groups is 1. The normalized spacial score (nSPS) is 22.2. The van der Waals surface area contributed by atoms with E-state index < -0.39 is 11.5 Å².